The third kappa shape index (κ3) is 2.06. The molecule has 0 heterocycles. The highest BCUT2D eigenvalue weighted by Gasteiger charge is 2.34. The zero-order chi connectivity index (χ0) is 11.6. The van der Waals surface area contributed by atoms with E-state index in [0.29, 0.717) is 17.0 Å². The van der Waals surface area contributed by atoms with Crippen LogP contribution in [0.5, 0.6) is 0 Å². The van der Waals surface area contributed by atoms with Crippen LogP contribution in [0.1, 0.15) is 16.8 Å². The number of halogens is 2. The molecular formula is C13H10Cl2O. The number of Topliss-reactive ketones (excluding diaryl/α,β-unsaturated/α-hetero) is 1. The van der Waals surface area contributed by atoms with Crippen LogP contribution in [-0.4, -0.2) is 10.7 Å². The van der Waals surface area contributed by atoms with Crippen LogP contribution in [0.3, 0.4) is 0 Å². The van der Waals surface area contributed by atoms with Crippen LogP contribution in [0, 0.1) is 0 Å². The average Bonchev–Trinajstić information content (AvgIpc) is 2.30. The van der Waals surface area contributed by atoms with E-state index in [4.69, 9.17) is 23.2 Å². The van der Waals surface area contributed by atoms with E-state index < -0.39 is 4.87 Å². The van der Waals surface area contributed by atoms with Gasteiger partial charge in [-0.1, -0.05) is 48.0 Å². The summed E-state index contributed by atoms with van der Waals surface area (Å²) in [6.07, 6.45) is 7.74. The Morgan fingerprint density at radius 1 is 1.25 bits per heavy atom. The molecule has 1 aliphatic rings. The van der Waals surface area contributed by atoms with Gasteiger partial charge < -0.3 is 0 Å². The molecule has 1 aliphatic carbocycles. The molecule has 0 bridgehead atoms. The Kier molecular flexibility index (Phi) is 3.17. The summed E-state index contributed by atoms with van der Waals surface area (Å²) in [6.45, 7) is 0. The maximum atomic E-state index is 12.2. The van der Waals surface area contributed by atoms with E-state index in [0.717, 1.165) is 0 Å². The van der Waals surface area contributed by atoms with Gasteiger partial charge in [0.1, 0.15) is 4.87 Å². The van der Waals surface area contributed by atoms with E-state index >= 15 is 0 Å². The molecular weight excluding hydrogens is 243 g/mol. The molecule has 1 unspecified atom stereocenters. The summed E-state index contributed by atoms with van der Waals surface area (Å²) in [5.41, 5.74) is 0.471. The standard InChI is InChI=1S/C13H10Cl2O/c14-11-7-3-2-6-10(11)12(16)13(15)8-4-1-5-9-13/h1-8H,9H2. The number of alkyl halides is 1. The number of rotatable bonds is 2. The van der Waals surface area contributed by atoms with Gasteiger partial charge in [0, 0.05) is 5.56 Å². The molecule has 0 amide bonds. The van der Waals surface area contributed by atoms with Crippen LogP contribution in [0.2, 0.25) is 5.02 Å². The largest absolute Gasteiger partial charge is 0.292 e. The molecule has 0 saturated carbocycles. The van der Waals surface area contributed by atoms with Crippen molar-refractivity contribution >= 4 is 29.0 Å². The quantitative estimate of drug-likeness (QED) is 0.574. The maximum Gasteiger partial charge on any atom is 0.189 e. The van der Waals surface area contributed by atoms with Gasteiger partial charge in [-0.3, -0.25) is 4.79 Å². The van der Waals surface area contributed by atoms with Gasteiger partial charge >= 0.3 is 0 Å². The predicted octanol–water partition coefficient (Wildman–Crippen LogP) is 4.02. The minimum atomic E-state index is -0.986. The second-order valence-corrected chi connectivity index (χ2v) is 4.74. The molecule has 0 spiro atoms. The third-order valence-electron chi connectivity index (χ3n) is 2.52. The molecule has 0 radical (unpaired) electrons. The molecule has 0 aromatic heterocycles. The van der Waals surface area contributed by atoms with Crippen molar-refractivity contribution in [1.82, 2.24) is 0 Å². The van der Waals surface area contributed by atoms with Crippen LogP contribution in [-0.2, 0) is 0 Å². The number of benzene rings is 1. The lowest BCUT2D eigenvalue weighted by molar-refractivity contribution is 0.0960. The Morgan fingerprint density at radius 2 is 2.00 bits per heavy atom. The normalized spacial score (nSPS) is 23.4. The van der Waals surface area contributed by atoms with Gasteiger partial charge in [0.2, 0.25) is 0 Å². The van der Waals surface area contributed by atoms with E-state index in [1.54, 1.807) is 36.4 Å². The van der Waals surface area contributed by atoms with Crippen LogP contribution >= 0.6 is 23.2 Å². The summed E-state index contributed by atoms with van der Waals surface area (Å²) in [5.74, 6) is -0.152. The molecule has 0 N–H and O–H groups in total. The van der Waals surface area contributed by atoms with Crippen LogP contribution in [0.4, 0.5) is 0 Å². The maximum absolute atomic E-state index is 12.2. The van der Waals surface area contributed by atoms with Crippen molar-refractivity contribution in [2.75, 3.05) is 0 Å². The Balaban J connectivity index is 2.36. The van der Waals surface area contributed by atoms with Crippen molar-refractivity contribution < 1.29 is 4.79 Å². The number of ketones is 1. The van der Waals surface area contributed by atoms with Gasteiger partial charge in [-0.25, -0.2) is 0 Å². The third-order valence-corrected chi connectivity index (χ3v) is 3.30. The number of hydrogen-bond acceptors (Lipinski definition) is 1. The average molecular weight is 253 g/mol. The molecule has 0 saturated heterocycles. The number of hydrogen-bond donors (Lipinski definition) is 0. The fourth-order valence-electron chi connectivity index (χ4n) is 1.63. The minimum Gasteiger partial charge on any atom is -0.292 e. The molecule has 2 rings (SSSR count). The fraction of sp³-hybridized carbons (Fsp3) is 0.154. The Bertz CT molecular complexity index is 477. The first-order chi connectivity index (χ1) is 7.63. The molecule has 0 fully saturated rings. The van der Waals surface area contributed by atoms with E-state index in [1.165, 1.54) is 0 Å². The lowest BCUT2D eigenvalue weighted by Crippen LogP contribution is -2.31. The Labute approximate surface area is 104 Å². The van der Waals surface area contributed by atoms with Crippen molar-refractivity contribution in [2.45, 2.75) is 11.3 Å². The summed E-state index contributed by atoms with van der Waals surface area (Å²) >= 11 is 12.3. The summed E-state index contributed by atoms with van der Waals surface area (Å²) in [5, 5.41) is 0.440. The van der Waals surface area contributed by atoms with E-state index in [1.807, 2.05) is 12.2 Å². The van der Waals surface area contributed by atoms with Gasteiger partial charge in [-0.2, -0.15) is 0 Å². The molecule has 3 heteroatoms. The van der Waals surface area contributed by atoms with E-state index in [9.17, 15) is 4.79 Å². The highest BCUT2D eigenvalue weighted by molar-refractivity contribution is 6.42. The summed E-state index contributed by atoms with van der Waals surface area (Å²) in [4.78, 5) is 11.3. The van der Waals surface area contributed by atoms with Crippen molar-refractivity contribution in [3.63, 3.8) is 0 Å². The second kappa shape index (κ2) is 4.44. The molecule has 1 atom stereocenters. The van der Waals surface area contributed by atoms with E-state index in [2.05, 4.69) is 0 Å². The molecule has 0 aliphatic heterocycles. The monoisotopic (exact) mass is 252 g/mol. The molecule has 16 heavy (non-hydrogen) atoms. The number of carbonyl (C=O) groups is 1. The first-order valence-corrected chi connectivity index (χ1v) is 5.72. The molecule has 82 valence electrons. The zero-order valence-electron chi connectivity index (χ0n) is 8.49. The highest BCUT2D eigenvalue weighted by Crippen LogP contribution is 2.32. The number of carbonyl (C=O) groups excluding carboxylic acids is 1. The van der Waals surface area contributed by atoms with E-state index in [-0.39, 0.29) is 5.78 Å². The van der Waals surface area contributed by atoms with Gasteiger partial charge in [0.15, 0.2) is 5.78 Å². The SMILES string of the molecule is O=C(c1ccccc1Cl)C1(Cl)C=CC=CC1. The lowest BCUT2D eigenvalue weighted by atomic mass is 9.91. The van der Waals surface area contributed by atoms with Gasteiger partial charge in [0.25, 0.3) is 0 Å². The number of allylic oxidation sites excluding steroid dienone is 4. The molecule has 1 aromatic carbocycles. The molecule has 1 nitrogen and oxygen atoms in total. The van der Waals surface area contributed by atoms with Crippen molar-refractivity contribution in [1.29, 1.82) is 0 Å². The zero-order valence-corrected chi connectivity index (χ0v) is 10.0. The summed E-state index contributed by atoms with van der Waals surface area (Å²) < 4.78 is 0. The smallest absolute Gasteiger partial charge is 0.189 e. The first kappa shape index (κ1) is 11.4. The molecule has 1 aromatic rings. The first-order valence-electron chi connectivity index (χ1n) is 4.96. The summed E-state index contributed by atoms with van der Waals surface area (Å²) in [7, 11) is 0. The van der Waals surface area contributed by atoms with Crippen molar-refractivity contribution in [3.8, 4) is 0 Å². The topological polar surface area (TPSA) is 17.1 Å². The Morgan fingerprint density at radius 3 is 2.62 bits per heavy atom. The van der Waals surface area contributed by atoms with Gasteiger partial charge in [0.05, 0.1) is 5.02 Å². The minimum absolute atomic E-state index is 0.152. The lowest BCUT2D eigenvalue weighted by Gasteiger charge is -2.22. The predicted molar refractivity (Wildman–Crippen MR) is 67.3 cm³/mol. The Hall–Kier alpha value is -1.05. The van der Waals surface area contributed by atoms with Crippen LogP contribution in [0.15, 0.2) is 48.6 Å². The van der Waals surface area contributed by atoms with Gasteiger partial charge in [-0.15, -0.1) is 11.6 Å². The van der Waals surface area contributed by atoms with Gasteiger partial charge in [-0.05, 0) is 18.6 Å². The van der Waals surface area contributed by atoms with Crippen LogP contribution in [0.25, 0.3) is 0 Å². The highest BCUT2D eigenvalue weighted by atomic mass is 35.5. The second-order valence-electron chi connectivity index (χ2n) is 3.66. The van der Waals surface area contributed by atoms with Crippen molar-refractivity contribution in [2.24, 2.45) is 0 Å². The van der Waals surface area contributed by atoms with Crippen molar-refractivity contribution in [3.05, 3.63) is 59.2 Å². The van der Waals surface area contributed by atoms with Crippen LogP contribution < -0.4 is 0 Å². The fourth-order valence-corrected chi connectivity index (χ4v) is 2.12. The summed E-state index contributed by atoms with van der Waals surface area (Å²) in [6, 6.07) is 6.96.